The minimum Gasteiger partial charge on any atom is -0.376 e. The molecule has 3 heterocycles. The van der Waals surface area contributed by atoms with E-state index in [9.17, 15) is 0 Å². The maximum absolute atomic E-state index is 6.37. The van der Waals surface area contributed by atoms with E-state index in [4.69, 9.17) is 22.4 Å². The van der Waals surface area contributed by atoms with Crippen LogP contribution in [0.2, 0.25) is 5.02 Å². The lowest BCUT2D eigenvalue weighted by atomic mass is 9.64. The molecule has 3 fully saturated rings. The third-order valence-corrected chi connectivity index (χ3v) is 7.26. The Morgan fingerprint density at radius 3 is 2.85 bits per heavy atom. The highest BCUT2D eigenvalue weighted by molar-refractivity contribution is 6.31. The van der Waals surface area contributed by atoms with Crippen LogP contribution in [0, 0.1) is 11.3 Å². The van der Waals surface area contributed by atoms with Crippen LogP contribution in [-0.2, 0) is 6.54 Å². The van der Waals surface area contributed by atoms with E-state index < -0.39 is 0 Å². The number of hydrogen-bond donors (Lipinski definition) is 1. The van der Waals surface area contributed by atoms with Gasteiger partial charge in [0, 0.05) is 35.3 Å². The molecule has 0 amide bonds. The molecule has 1 saturated carbocycles. The van der Waals surface area contributed by atoms with Crippen molar-refractivity contribution in [2.45, 2.75) is 38.3 Å². The van der Waals surface area contributed by atoms with Gasteiger partial charge in [-0.25, -0.2) is 9.66 Å². The number of aromatic nitrogens is 2. The van der Waals surface area contributed by atoms with Crippen molar-refractivity contribution in [3.05, 3.63) is 54.1 Å². The molecular formula is C21H26ClN5. The molecule has 1 aromatic heterocycles. The van der Waals surface area contributed by atoms with Gasteiger partial charge in [0.1, 0.15) is 5.82 Å². The molecule has 2 N–H and O–H groups in total. The van der Waals surface area contributed by atoms with Crippen molar-refractivity contribution >= 4 is 22.6 Å². The minimum absolute atomic E-state index is 0.202. The van der Waals surface area contributed by atoms with E-state index in [1.807, 2.05) is 24.4 Å². The van der Waals surface area contributed by atoms with Crippen LogP contribution in [-0.4, -0.2) is 38.6 Å². The number of nitrogens with two attached hydrogens (primary N) is 1. The van der Waals surface area contributed by atoms with Crippen molar-refractivity contribution in [1.29, 1.82) is 0 Å². The van der Waals surface area contributed by atoms with Crippen molar-refractivity contribution in [2.24, 2.45) is 11.3 Å². The SMILES string of the molecule is C=CN1CC2(C1)C(=C)N(Cc1nc3ccc(Cl)cc3n1N)C1CCCCC12. The lowest BCUT2D eigenvalue weighted by Gasteiger charge is -2.52. The molecule has 1 spiro atoms. The zero-order valence-corrected chi connectivity index (χ0v) is 16.3. The average Bonchev–Trinajstić information content (AvgIpc) is 3.07. The van der Waals surface area contributed by atoms with E-state index >= 15 is 0 Å². The number of benzene rings is 1. The fraction of sp³-hybridized carbons (Fsp3) is 0.476. The van der Waals surface area contributed by atoms with E-state index in [0.717, 1.165) is 29.9 Å². The van der Waals surface area contributed by atoms with Gasteiger partial charge in [-0.1, -0.05) is 37.6 Å². The molecule has 2 aliphatic heterocycles. The van der Waals surface area contributed by atoms with Gasteiger partial charge in [0.05, 0.1) is 17.6 Å². The Morgan fingerprint density at radius 1 is 1.30 bits per heavy atom. The minimum atomic E-state index is 0.202. The first-order valence-electron chi connectivity index (χ1n) is 9.78. The Morgan fingerprint density at radius 2 is 2.07 bits per heavy atom. The zero-order valence-electron chi connectivity index (χ0n) is 15.6. The van der Waals surface area contributed by atoms with Crippen LogP contribution >= 0.6 is 11.6 Å². The van der Waals surface area contributed by atoms with Crippen molar-refractivity contribution in [3.63, 3.8) is 0 Å². The van der Waals surface area contributed by atoms with Crippen LogP contribution in [0.15, 0.2) is 43.3 Å². The molecule has 2 saturated heterocycles. The second-order valence-corrected chi connectivity index (χ2v) is 8.74. The van der Waals surface area contributed by atoms with Gasteiger partial charge >= 0.3 is 0 Å². The summed E-state index contributed by atoms with van der Waals surface area (Å²) in [5.41, 5.74) is 3.23. The summed E-state index contributed by atoms with van der Waals surface area (Å²) in [4.78, 5) is 9.58. The molecule has 2 atom stereocenters. The molecule has 2 unspecified atom stereocenters. The lowest BCUT2D eigenvalue weighted by Crippen LogP contribution is -2.57. The van der Waals surface area contributed by atoms with E-state index in [0.29, 0.717) is 23.5 Å². The summed E-state index contributed by atoms with van der Waals surface area (Å²) in [6.07, 6.45) is 7.10. The molecule has 5 nitrogen and oxygen atoms in total. The highest BCUT2D eigenvalue weighted by Crippen LogP contribution is 2.57. The third kappa shape index (κ3) is 2.34. The van der Waals surface area contributed by atoms with E-state index in [1.165, 1.54) is 31.4 Å². The summed E-state index contributed by atoms with van der Waals surface area (Å²) in [5, 5.41) is 0.677. The number of rotatable bonds is 3. The van der Waals surface area contributed by atoms with Gasteiger partial charge in [-0.05, 0) is 43.2 Å². The lowest BCUT2D eigenvalue weighted by molar-refractivity contribution is 0.0193. The number of hydrogen-bond acceptors (Lipinski definition) is 4. The first-order valence-corrected chi connectivity index (χ1v) is 10.2. The maximum Gasteiger partial charge on any atom is 0.147 e. The molecule has 1 aromatic carbocycles. The van der Waals surface area contributed by atoms with Crippen LogP contribution in [0.5, 0.6) is 0 Å². The first kappa shape index (κ1) is 17.0. The van der Waals surface area contributed by atoms with Crippen LogP contribution < -0.4 is 5.84 Å². The molecule has 27 heavy (non-hydrogen) atoms. The number of imidazole rings is 1. The molecule has 6 heteroatoms. The number of likely N-dealkylation sites (tertiary alicyclic amines) is 2. The second kappa shape index (κ2) is 5.93. The molecular weight excluding hydrogens is 358 g/mol. The highest BCUT2D eigenvalue weighted by Gasteiger charge is 2.60. The number of halogens is 1. The summed E-state index contributed by atoms with van der Waals surface area (Å²) in [6, 6.07) is 6.22. The Hall–Kier alpha value is -2.14. The fourth-order valence-corrected chi connectivity index (χ4v) is 5.81. The molecule has 0 radical (unpaired) electrons. The summed E-state index contributed by atoms with van der Waals surface area (Å²) in [5.74, 6) is 7.93. The second-order valence-electron chi connectivity index (χ2n) is 8.31. The van der Waals surface area contributed by atoms with Gasteiger partial charge in [-0.3, -0.25) is 0 Å². The largest absolute Gasteiger partial charge is 0.376 e. The van der Waals surface area contributed by atoms with Gasteiger partial charge in [0.25, 0.3) is 0 Å². The van der Waals surface area contributed by atoms with E-state index in [-0.39, 0.29) is 5.41 Å². The van der Waals surface area contributed by atoms with Crippen molar-refractivity contribution in [3.8, 4) is 0 Å². The Kier molecular flexibility index (Phi) is 3.73. The van der Waals surface area contributed by atoms with Crippen LogP contribution in [0.4, 0.5) is 0 Å². The van der Waals surface area contributed by atoms with Crippen LogP contribution in [0.25, 0.3) is 11.0 Å². The van der Waals surface area contributed by atoms with Gasteiger partial charge in [-0.2, -0.15) is 0 Å². The number of nitrogen functional groups attached to an aromatic ring is 1. The van der Waals surface area contributed by atoms with Crippen molar-refractivity contribution in [1.82, 2.24) is 19.5 Å². The standard InChI is InChI=1S/C21H26ClN5/c1-3-25-12-21(13-25)14(2)26(18-7-5-4-6-16(18)21)11-20-24-17-9-8-15(22)10-19(17)27(20)23/h3,8-10,16,18H,1-2,4-7,11-13,23H2. The van der Waals surface area contributed by atoms with Crippen LogP contribution in [0.1, 0.15) is 31.5 Å². The normalized spacial score (nSPS) is 26.5. The Balaban J connectivity index is 1.49. The first-order chi connectivity index (χ1) is 13.0. The number of fused-ring (bicyclic) bond motifs is 3. The average molecular weight is 384 g/mol. The zero-order chi connectivity index (χ0) is 18.8. The third-order valence-electron chi connectivity index (χ3n) is 7.03. The van der Waals surface area contributed by atoms with Crippen LogP contribution in [0.3, 0.4) is 0 Å². The predicted molar refractivity (Wildman–Crippen MR) is 110 cm³/mol. The molecule has 0 bridgehead atoms. The topological polar surface area (TPSA) is 50.3 Å². The molecule has 5 rings (SSSR count). The monoisotopic (exact) mass is 383 g/mol. The molecule has 3 aliphatic rings. The fourth-order valence-electron chi connectivity index (χ4n) is 5.65. The smallest absolute Gasteiger partial charge is 0.147 e. The quantitative estimate of drug-likeness (QED) is 0.820. The molecule has 1 aliphatic carbocycles. The van der Waals surface area contributed by atoms with Gasteiger partial charge < -0.3 is 15.6 Å². The molecule has 142 valence electrons. The summed E-state index contributed by atoms with van der Waals surface area (Å²) >= 11 is 6.14. The summed E-state index contributed by atoms with van der Waals surface area (Å²) in [6.45, 7) is 11.3. The Labute approximate surface area is 165 Å². The Bertz CT molecular complexity index is 926. The predicted octanol–water partition coefficient (Wildman–Crippen LogP) is 3.74. The van der Waals surface area contributed by atoms with Crippen molar-refractivity contribution < 1.29 is 0 Å². The summed E-state index contributed by atoms with van der Waals surface area (Å²) < 4.78 is 1.69. The highest BCUT2D eigenvalue weighted by atomic mass is 35.5. The van der Waals surface area contributed by atoms with Gasteiger partial charge in [-0.15, -0.1) is 0 Å². The maximum atomic E-state index is 6.37. The summed E-state index contributed by atoms with van der Waals surface area (Å²) in [7, 11) is 0. The van der Waals surface area contributed by atoms with Crippen molar-refractivity contribution in [2.75, 3.05) is 18.9 Å². The molecule has 2 aromatic rings. The van der Waals surface area contributed by atoms with Gasteiger partial charge in [0.15, 0.2) is 0 Å². The van der Waals surface area contributed by atoms with Gasteiger partial charge in [0.2, 0.25) is 0 Å². The van der Waals surface area contributed by atoms with E-state index in [2.05, 4.69) is 23.0 Å². The number of nitrogens with zero attached hydrogens (tertiary/aromatic N) is 4. The van der Waals surface area contributed by atoms with E-state index in [1.54, 1.807) is 4.68 Å².